The van der Waals surface area contributed by atoms with Crippen LogP contribution >= 0.6 is 11.6 Å². The van der Waals surface area contributed by atoms with E-state index >= 15 is 0 Å². The summed E-state index contributed by atoms with van der Waals surface area (Å²) >= 11 is 5.76. The topological polar surface area (TPSA) is 41.0 Å². The van der Waals surface area contributed by atoms with Crippen LogP contribution in [0, 0.1) is 6.92 Å². The molecule has 2 rings (SSSR count). The number of aryl methyl sites for hydroxylation is 1. The molecule has 18 heavy (non-hydrogen) atoms. The Morgan fingerprint density at radius 2 is 2.22 bits per heavy atom. The number of aromatic nitrogens is 2. The Morgan fingerprint density at radius 3 is 2.83 bits per heavy atom. The van der Waals surface area contributed by atoms with E-state index in [0.29, 0.717) is 17.5 Å². The summed E-state index contributed by atoms with van der Waals surface area (Å²) in [7, 11) is 1.68. The molecule has 1 saturated heterocycles. The number of nitrogens with one attached hydrogen (secondary N) is 1. The van der Waals surface area contributed by atoms with Gasteiger partial charge in [0.1, 0.15) is 5.82 Å². The van der Waals surface area contributed by atoms with Gasteiger partial charge in [0.25, 0.3) is 5.92 Å². The van der Waals surface area contributed by atoms with Crippen LogP contribution in [0.4, 0.5) is 14.6 Å². The van der Waals surface area contributed by atoms with Crippen LogP contribution in [0.1, 0.15) is 12.0 Å². The molecule has 0 radical (unpaired) electrons. The molecule has 1 aromatic rings. The van der Waals surface area contributed by atoms with Gasteiger partial charge < -0.3 is 5.32 Å². The van der Waals surface area contributed by atoms with E-state index in [9.17, 15) is 8.78 Å². The molecule has 100 valence electrons. The van der Waals surface area contributed by atoms with E-state index < -0.39 is 5.92 Å². The predicted octanol–water partition coefficient (Wildman–Crippen LogP) is 2.19. The summed E-state index contributed by atoms with van der Waals surface area (Å²) in [4.78, 5) is 1.61. The highest BCUT2D eigenvalue weighted by molar-refractivity contribution is 6.30. The molecule has 4 nitrogen and oxygen atoms in total. The zero-order valence-electron chi connectivity index (χ0n) is 10.3. The lowest BCUT2D eigenvalue weighted by Gasteiger charge is -2.35. The van der Waals surface area contributed by atoms with Crippen LogP contribution in [0.5, 0.6) is 0 Å². The highest BCUT2D eigenvalue weighted by Gasteiger charge is 2.39. The lowest BCUT2D eigenvalue weighted by atomic mass is 10.0. The third kappa shape index (κ3) is 3.26. The molecule has 1 unspecified atom stereocenters. The first-order valence-corrected chi connectivity index (χ1v) is 6.06. The number of hydrogen-bond acceptors (Lipinski definition) is 4. The Morgan fingerprint density at radius 1 is 1.50 bits per heavy atom. The Balaban J connectivity index is 2.06. The first-order chi connectivity index (χ1) is 8.35. The fourth-order valence-corrected chi connectivity index (χ4v) is 2.26. The summed E-state index contributed by atoms with van der Waals surface area (Å²) in [6.07, 6.45) is -0.194. The number of anilines is 1. The third-order valence-electron chi connectivity index (χ3n) is 2.85. The van der Waals surface area contributed by atoms with E-state index in [0.717, 1.165) is 5.56 Å². The highest BCUT2D eigenvalue weighted by Crippen LogP contribution is 2.27. The minimum atomic E-state index is -2.67. The quantitative estimate of drug-likeness (QED) is 0.899. The van der Waals surface area contributed by atoms with E-state index in [-0.39, 0.29) is 19.0 Å². The number of alkyl halides is 2. The highest BCUT2D eigenvalue weighted by atomic mass is 35.5. The monoisotopic (exact) mass is 276 g/mol. The zero-order chi connectivity index (χ0) is 13.3. The minimum Gasteiger partial charge on any atom is -0.364 e. The molecule has 0 aliphatic carbocycles. The molecule has 0 saturated carbocycles. The van der Waals surface area contributed by atoms with E-state index in [1.54, 1.807) is 24.9 Å². The molecule has 1 fully saturated rings. The van der Waals surface area contributed by atoms with E-state index in [4.69, 9.17) is 11.6 Å². The second-order valence-corrected chi connectivity index (χ2v) is 5.16. The second kappa shape index (κ2) is 4.93. The predicted molar refractivity (Wildman–Crippen MR) is 66.3 cm³/mol. The molecule has 1 aromatic heterocycles. The summed E-state index contributed by atoms with van der Waals surface area (Å²) in [5, 5.41) is 10.9. The maximum absolute atomic E-state index is 13.4. The number of halogens is 3. The fourth-order valence-electron chi connectivity index (χ4n) is 2.17. The first-order valence-electron chi connectivity index (χ1n) is 5.68. The van der Waals surface area contributed by atoms with Gasteiger partial charge in [-0.1, -0.05) is 11.6 Å². The van der Waals surface area contributed by atoms with E-state index in [1.807, 2.05) is 0 Å². The van der Waals surface area contributed by atoms with Gasteiger partial charge in [-0.05, 0) is 25.6 Å². The van der Waals surface area contributed by atoms with Gasteiger partial charge in [-0.25, -0.2) is 8.78 Å². The van der Waals surface area contributed by atoms with Gasteiger partial charge in [-0.3, -0.25) is 4.90 Å². The minimum absolute atomic E-state index is 0.194. The lowest BCUT2D eigenvalue weighted by Crippen LogP contribution is -2.50. The molecular formula is C11H15ClF2N4. The van der Waals surface area contributed by atoms with E-state index in [2.05, 4.69) is 15.5 Å². The van der Waals surface area contributed by atoms with Crippen LogP contribution in [0.3, 0.4) is 0 Å². The number of likely N-dealkylation sites (N-methyl/N-ethyl adjacent to an activating group) is 1. The molecule has 0 bridgehead atoms. The van der Waals surface area contributed by atoms with Gasteiger partial charge in [0, 0.05) is 19.0 Å². The second-order valence-electron chi connectivity index (χ2n) is 4.80. The van der Waals surface area contributed by atoms with Crippen LogP contribution in [0.2, 0.25) is 5.15 Å². The van der Waals surface area contributed by atoms with Crippen LogP contribution in [0.15, 0.2) is 6.07 Å². The summed E-state index contributed by atoms with van der Waals surface area (Å²) in [5.74, 6) is -2.19. The van der Waals surface area contributed by atoms with Crippen molar-refractivity contribution in [1.82, 2.24) is 15.1 Å². The van der Waals surface area contributed by atoms with Crippen LogP contribution < -0.4 is 5.32 Å². The molecule has 0 amide bonds. The molecule has 7 heteroatoms. The maximum atomic E-state index is 13.4. The van der Waals surface area contributed by atoms with Crippen molar-refractivity contribution in [2.75, 3.05) is 25.5 Å². The van der Waals surface area contributed by atoms with Crippen molar-refractivity contribution in [2.24, 2.45) is 0 Å². The molecular weight excluding hydrogens is 262 g/mol. The van der Waals surface area contributed by atoms with Crippen LogP contribution in [-0.2, 0) is 0 Å². The van der Waals surface area contributed by atoms with Crippen LogP contribution in [-0.4, -0.2) is 47.2 Å². The van der Waals surface area contributed by atoms with Gasteiger partial charge >= 0.3 is 0 Å². The number of likely N-dealkylation sites (tertiary alicyclic amines) is 1. The van der Waals surface area contributed by atoms with Crippen molar-refractivity contribution in [3.05, 3.63) is 16.8 Å². The van der Waals surface area contributed by atoms with Gasteiger partial charge in [0.2, 0.25) is 0 Å². The number of hydrogen-bond donors (Lipinski definition) is 1. The summed E-state index contributed by atoms with van der Waals surface area (Å²) in [6.45, 7) is 2.15. The summed E-state index contributed by atoms with van der Waals surface area (Å²) < 4.78 is 26.8. The summed E-state index contributed by atoms with van der Waals surface area (Å²) in [5.41, 5.74) is 0.769. The lowest BCUT2D eigenvalue weighted by molar-refractivity contribution is -0.0611. The largest absolute Gasteiger partial charge is 0.364 e. The van der Waals surface area contributed by atoms with Gasteiger partial charge in [-0.15, -0.1) is 10.2 Å². The number of piperidine rings is 1. The molecule has 0 aromatic carbocycles. The maximum Gasteiger partial charge on any atom is 0.262 e. The third-order valence-corrected chi connectivity index (χ3v) is 3.23. The number of nitrogens with zero attached hydrogens (tertiary/aromatic N) is 3. The molecule has 1 aliphatic rings. The summed E-state index contributed by atoms with van der Waals surface area (Å²) in [6, 6.07) is 1.37. The zero-order valence-corrected chi connectivity index (χ0v) is 11.0. The van der Waals surface area contributed by atoms with Crippen molar-refractivity contribution < 1.29 is 8.78 Å². The van der Waals surface area contributed by atoms with Crippen molar-refractivity contribution in [2.45, 2.75) is 25.3 Å². The Labute approximate surface area is 109 Å². The molecule has 0 spiro atoms. The first kappa shape index (κ1) is 13.4. The van der Waals surface area contributed by atoms with Crippen molar-refractivity contribution in [3.63, 3.8) is 0 Å². The van der Waals surface area contributed by atoms with Crippen LogP contribution in [0.25, 0.3) is 0 Å². The van der Waals surface area contributed by atoms with Gasteiger partial charge in [-0.2, -0.15) is 0 Å². The van der Waals surface area contributed by atoms with Gasteiger partial charge in [0.05, 0.1) is 6.54 Å². The average molecular weight is 277 g/mol. The Hall–Kier alpha value is -1.01. The Bertz CT molecular complexity index is 441. The molecule has 2 heterocycles. The van der Waals surface area contributed by atoms with Gasteiger partial charge in [0.15, 0.2) is 5.15 Å². The normalized spacial score (nSPS) is 23.9. The SMILES string of the molecule is Cc1cc(NC2CN(C)CC(F)(F)C2)nnc1Cl. The van der Waals surface area contributed by atoms with Crippen molar-refractivity contribution in [1.29, 1.82) is 0 Å². The molecule has 1 atom stereocenters. The fraction of sp³-hybridized carbons (Fsp3) is 0.636. The average Bonchev–Trinajstić information content (AvgIpc) is 2.20. The van der Waals surface area contributed by atoms with Crippen molar-refractivity contribution >= 4 is 17.4 Å². The van der Waals surface area contributed by atoms with E-state index in [1.165, 1.54) is 0 Å². The molecule has 1 N–H and O–H groups in total. The standard InChI is InChI=1S/C11H15ClF2N4/c1-7-3-9(16-17-10(7)12)15-8-4-11(13,14)6-18(2)5-8/h3,8H,4-6H2,1-2H3,(H,15,16). The Kier molecular flexibility index (Phi) is 3.68. The number of rotatable bonds is 2. The molecule has 1 aliphatic heterocycles. The smallest absolute Gasteiger partial charge is 0.262 e. The van der Waals surface area contributed by atoms with Crippen molar-refractivity contribution in [3.8, 4) is 0 Å².